The second-order valence-electron chi connectivity index (χ2n) is 9.96. The van der Waals surface area contributed by atoms with E-state index in [1.54, 1.807) is 24.3 Å². The number of aliphatic hydroxyl groups excluding tert-OH is 1. The monoisotopic (exact) mass is 502 g/mol. The molecule has 37 heavy (non-hydrogen) atoms. The summed E-state index contributed by atoms with van der Waals surface area (Å²) in [6.07, 6.45) is 1.36. The van der Waals surface area contributed by atoms with Crippen molar-refractivity contribution in [3.05, 3.63) is 64.7 Å². The summed E-state index contributed by atoms with van der Waals surface area (Å²) in [7, 11) is 3.62. The highest BCUT2D eigenvalue weighted by atomic mass is 16.5. The maximum Gasteiger partial charge on any atom is 0.323 e. The normalized spacial score (nSPS) is 22.7. The molecule has 2 saturated heterocycles. The van der Waals surface area contributed by atoms with Crippen molar-refractivity contribution >= 4 is 17.8 Å². The molecule has 0 spiro atoms. The van der Waals surface area contributed by atoms with Crippen LogP contribution in [0.1, 0.15) is 46.0 Å². The number of amides is 4. The summed E-state index contributed by atoms with van der Waals surface area (Å²) in [5, 5.41) is 15.7. The number of hydrogen-bond donors (Lipinski definition) is 3. The minimum atomic E-state index is -1.58. The smallest absolute Gasteiger partial charge is 0.323 e. The SMILES string of the molecule is COc1ccc2c(c1)C(=O)N(CC1(C#Cc3ccc(C(O)C4CCN(C)CC4)cc3)NC(=O)NC1=O)C2. The van der Waals surface area contributed by atoms with E-state index < -0.39 is 23.6 Å². The fraction of sp³-hybridized carbons (Fsp3) is 0.393. The van der Waals surface area contributed by atoms with E-state index in [-0.39, 0.29) is 18.4 Å². The van der Waals surface area contributed by atoms with Crippen LogP contribution in [0.3, 0.4) is 0 Å². The van der Waals surface area contributed by atoms with Gasteiger partial charge in [0, 0.05) is 17.7 Å². The molecular formula is C28H30N4O5. The molecule has 2 unspecified atom stereocenters. The molecule has 4 amide bonds. The maximum absolute atomic E-state index is 13.1. The summed E-state index contributed by atoms with van der Waals surface area (Å²) in [6, 6.07) is 11.9. The number of likely N-dealkylation sites (tertiary alicyclic amines) is 1. The Morgan fingerprint density at radius 1 is 1.14 bits per heavy atom. The van der Waals surface area contributed by atoms with Crippen molar-refractivity contribution in [2.24, 2.45) is 5.92 Å². The third kappa shape index (κ3) is 4.90. The van der Waals surface area contributed by atoms with E-state index in [1.807, 2.05) is 18.2 Å². The first-order valence-corrected chi connectivity index (χ1v) is 12.4. The van der Waals surface area contributed by atoms with E-state index in [0.717, 1.165) is 37.1 Å². The highest BCUT2D eigenvalue weighted by Crippen LogP contribution is 2.31. The van der Waals surface area contributed by atoms with Crippen LogP contribution in [0.15, 0.2) is 42.5 Å². The lowest BCUT2D eigenvalue weighted by molar-refractivity contribution is -0.122. The second-order valence-corrected chi connectivity index (χ2v) is 9.96. The molecule has 5 rings (SSSR count). The average molecular weight is 503 g/mol. The standard InChI is InChI=1S/C28H30N4O5/c1-31-13-10-20(11-14-31)24(33)19-5-3-18(4-6-19)9-12-28(26(35)29-27(36)30-28)17-32-16-21-7-8-22(37-2)15-23(21)25(32)34/h3-8,15,20,24,33H,10-11,13-14,16-17H2,1-2H3,(H2,29,30,35,36). The molecular weight excluding hydrogens is 472 g/mol. The molecule has 3 heterocycles. The number of nitrogens with zero attached hydrogens (tertiary/aromatic N) is 2. The summed E-state index contributed by atoms with van der Waals surface area (Å²) in [5.74, 6) is 5.85. The van der Waals surface area contributed by atoms with Gasteiger partial charge in [-0.05, 0) is 74.3 Å². The van der Waals surface area contributed by atoms with E-state index in [1.165, 1.54) is 12.0 Å². The number of nitrogens with one attached hydrogen (secondary N) is 2. The number of fused-ring (bicyclic) bond motifs is 1. The quantitative estimate of drug-likeness (QED) is 0.424. The van der Waals surface area contributed by atoms with Crippen LogP contribution in [-0.2, 0) is 11.3 Å². The zero-order valence-electron chi connectivity index (χ0n) is 20.9. The van der Waals surface area contributed by atoms with Crippen LogP contribution in [0.25, 0.3) is 0 Å². The molecule has 2 fully saturated rings. The molecule has 0 bridgehead atoms. The van der Waals surface area contributed by atoms with Crippen LogP contribution in [0.2, 0.25) is 0 Å². The minimum absolute atomic E-state index is 0.0969. The van der Waals surface area contributed by atoms with Gasteiger partial charge in [0.15, 0.2) is 0 Å². The van der Waals surface area contributed by atoms with Crippen molar-refractivity contribution in [3.8, 4) is 17.6 Å². The largest absolute Gasteiger partial charge is 0.497 e. The lowest BCUT2D eigenvalue weighted by atomic mass is 9.87. The Labute approximate surface area is 215 Å². The van der Waals surface area contributed by atoms with Crippen LogP contribution in [0.5, 0.6) is 5.75 Å². The van der Waals surface area contributed by atoms with Gasteiger partial charge in [-0.1, -0.05) is 30.0 Å². The lowest BCUT2D eigenvalue weighted by Crippen LogP contribution is -2.54. The van der Waals surface area contributed by atoms with Gasteiger partial charge in [0.25, 0.3) is 11.8 Å². The van der Waals surface area contributed by atoms with Crippen LogP contribution < -0.4 is 15.4 Å². The molecule has 0 saturated carbocycles. The van der Waals surface area contributed by atoms with Crippen molar-refractivity contribution in [1.82, 2.24) is 20.4 Å². The van der Waals surface area contributed by atoms with Crippen molar-refractivity contribution in [2.45, 2.75) is 31.0 Å². The van der Waals surface area contributed by atoms with Gasteiger partial charge in [-0.3, -0.25) is 14.9 Å². The molecule has 3 aliphatic heterocycles. The lowest BCUT2D eigenvalue weighted by Gasteiger charge is -2.32. The zero-order chi connectivity index (χ0) is 26.2. The third-order valence-corrected chi connectivity index (χ3v) is 7.45. The van der Waals surface area contributed by atoms with E-state index in [0.29, 0.717) is 23.4 Å². The number of aliphatic hydroxyl groups is 1. The molecule has 3 aliphatic rings. The molecule has 2 aromatic carbocycles. The number of hydrogen-bond acceptors (Lipinski definition) is 6. The highest BCUT2D eigenvalue weighted by Gasteiger charge is 2.48. The fourth-order valence-corrected chi connectivity index (χ4v) is 5.17. The Kier molecular flexibility index (Phi) is 6.63. The molecule has 2 atom stereocenters. The summed E-state index contributed by atoms with van der Waals surface area (Å²) in [4.78, 5) is 41.7. The number of carbonyl (C=O) groups excluding carboxylic acids is 3. The number of benzene rings is 2. The zero-order valence-corrected chi connectivity index (χ0v) is 20.9. The van der Waals surface area contributed by atoms with Crippen molar-refractivity contribution in [1.29, 1.82) is 0 Å². The molecule has 0 aliphatic carbocycles. The highest BCUT2D eigenvalue weighted by molar-refractivity contribution is 6.10. The van der Waals surface area contributed by atoms with Gasteiger partial charge in [0.2, 0.25) is 5.54 Å². The molecule has 9 nitrogen and oxygen atoms in total. The Morgan fingerprint density at radius 2 is 1.86 bits per heavy atom. The van der Waals surface area contributed by atoms with Gasteiger partial charge >= 0.3 is 6.03 Å². The molecule has 9 heteroatoms. The number of imide groups is 1. The number of methoxy groups -OCH3 is 1. The van der Waals surface area contributed by atoms with Crippen molar-refractivity contribution < 1.29 is 24.2 Å². The third-order valence-electron chi connectivity index (χ3n) is 7.45. The van der Waals surface area contributed by atoms with E-state index >= 15 is 0 Å². The van der Waals surface area contributed by atoms with Crippen LogP contribution in [0.4, 0.5) is 4.79 Å². The summed E-state index contributed by atoms with van der Waals surface area (Å²) in [5.41, 5.74) is 1.21. The molecule has 0 aromatic heterocycles. The minimum Gasteiger partial charge on any atom is -0.497 e. The van der Waals surface area contributed by atoms with E-state index in [9.17, 15) is 19.5 Å². The molecule has 0 radical (unpaired) electrons. The predicted octanol–water partition coefficient (Wildman–Crippen LogP) is 1.66. The molecule has 3 N–H and O–H groups in total. The second kappa shape index (κ2) is 9.88. The van der Waals surface area contributed by atoms with Gasteiger partial charge in [0.05, 0.1) is 19.8 Å². The van der Waals surface area contributed by atoms with Gasteiger partial charge in [-0.15, -0.1) is 0 Å². The summed E-state index contributed by atoms with van der Waals surface area (Å²) >= 11 is 0. The van der Waals surface area contributed by atoms with E-state index in [4.69, 9.17) is 4.74 Å². The summed E-state index contributed by atoms with van der Waals surface area (Å²) < 4.78 is 5.22. The van der Waals surface area contributed by atoms with Crippen LogP contribution in [-0.4, -0.2) is 72.1 Å². The number of carbonyl (C=O) groups is 3. The Morgan fingerprint density at radius 3 is 2.51 bits per heavy atom. The van der Waals surface area contributed by atoms with Gasteiger partial charge in [-0.2, -0.15) is 0 Å². The topological polar surface area (TPSA) is 111 Å². The maximum atomic E-state index is 13.1. The molecule has 2 aromatic rings. The Bertz CT molecular complexity index is 1290. The number of piperidine rings is 1. The van der Waals surface area contributed by atoms with Gasteiger partial charge in [-0.25, -0.2) is 4.79 Å². The summed E-state index contributed by atoms with van der Waals surface area (Å²) in [6.45, 7) is 2.15. The average Bonchev–Trinajstić information content (AvgIpc) is 3.36. The number of ether oxygens (including phenoxy) is 1. The van der Waals surface area contributed by atoms with E-state index in [2.05, 4.69) is 34.4 Å². The Hall–Kier alpha value is -3.87. The van der Waals surface area contributed by atoms with Crippen molar-refractivity contribution in [2.75, 3.05) is 33.8 Å². The first kappa shape index (κ1) is 24.8. The predicted molar refractivity (Wildman–Crippen MR) is 136 cm³/mol. The number of rotatable bonds is 5. The number of urea groups is 1. The first-order valence-electron chi connectivity index (χ1n) is 12.4. The molecule has 192 valence electrons. The van der Waals surface area contributed by atoms with Crippen molar-refractivity contribution in [3.63, 3.8) is 0 Å². The Balaban J connectivity index is 1.34. The van der Waals surface area contributed by atoms with Crippen LogP contribution >= 0.6 is 0 Å². The first-order chi connectivity index (χ1) is 17.8. The van der Waals surface area contributed by atoms with Gasteiger partial charge < -0.3 is 25.0 Å². The van der Waals surface area contributed by atoms with Gasteiger partial charge in [0.1, 0.15) is 5.75 Å². The van der Waals surface area contributed by atoms with Crippen LogP contribution in [0, 0.1) is 17.8 Å². The fourth-order valence-electron chi connectivity index (χ4n) is 5.17.